The van der Waals surface area contributed by atoms with Crippen molar-refractivity contribution >= 4 is 34.1 Å². The maximum Gasteiger partial charge on any atom is 0.415 e. The molecule has 0 bridgehead atoms. The zero-order valence-electron chi connectivity index (χ0n) is 10.8. The van der Waals surface area contributed by atoms with Gasteiger partial charge in [-0.25, -0.2) is 0 Å². The van der Waals surface area contributed by atoms with Crippen molar-refractivity contribution in [1.82, 2.24) is 4.98 Å². The van der Waals surface area contributed by atoms with Gasteiger partial charge in [-0.1, -0.05) is 11.6 Å². The normalized spacial score (nSPS) is 14.8. The predicted molar refractivity (Wildman–Crippen MR) is 74.0 cm³/mol. The number of hydrogen-bond acceptors (Lipinski definition) is 3. The van der Waals surface area contributed by atoms with Crippen LogP contribution in [-0.4, -0.2) is 22.6 Å². The number of nitrogens with two attached hydrogens (primary N) is 1. The molecule has 0 aliphatic heterocycles. The standard InChI is InChI=1S/C13H11ClF3N3O/c1-12(18,13(15,16)17)11(21)20-9-5-4-8(14)10-7(9)3-2-6-19-10/h2-6H,18H2,1H3,(H,20,21). The lowest BCUT2D eigenvalue weighted by Gasteiger charge is -2.26. The number of anilines is 1. The Labute approximate surface area is 123 Å². The van der Waals surface area contributed by atoms with E-state index >= 15 is 0 Å². The summed E-state index contributed by atoms with van der Waals surface area (Å²) >= 11 is 5.95. The van der Waals surface area contributed by atoms with Crippen LogP contribution in [0.5, 0.6) is 0 Å². The van der Waals surface area contributed by atoms with Crippen molar-refractivity contribution < 1.29 is 18.0 Å². The number of nitrogens with one attached hydrogen (secondary N) is 1. The van der Waals surface area contributed by atoms with Gasteiger partial charge in [0.25, 0.3) is 5.91 Å². The number of rotatable bonds is 2. The molecule has 0 fully saturated rings. The number of alkyl halides is 3. The second-order valence-electron chi connectivity index (χ2n) is 4.65. The van der Waals surface area contributed by atoms with E-state index in [-0.39, 0.29) is 5.69 Å². The molecule has 0 saturated carbocycles. The fraction of sp³-hybridized carbons (Fsp3) is 0.231. The molecule has 2 rings (SSSR count). The number of nitrogens with zero attached hydrogens (tertiary/aromatic N) is 1. The molecule has 0 radical (unpaired) electrons. The van der Waals surface area contributed by atoms with Crippen molar-refractivity contribution in [2.24, 2.45) is 5.73 Å². The van der Waals surface area contributed by atoms with E-state index in [1.165, 1.54) is 18.3 Å². The number of aromatic nitrogens is 1. The third-order valence-corrected chi connectivity index (χ3v) is 3.33. The van der Waals surface area contributed by atoms with Gasteiger partial charge in [0.2, 0.25) is 0 Å². The van der Waals surface area contributed by atoms with Crippen molar-refractivity contribution in [3.8, 4) is 0 Å². The number of hydrogen-bond donors (Lipinski definition) is 2. The van der Waals surface area contributed by atoms with Crippen LogP contribution in [0.1, 0.15) is 6.92 Å². The first kappa shape index (κ1) is 15.5. The lowest BCUT2D eigenvalue weighted by molar-refractivity contribution is -0.184. The number of amides is 1. The average Bonchev–Trinajstić information content (AvgIpc) is 2.41. The molecule has 0 saturated heterocycles. The van der Waals surface area contributed by atoms with Crippen molar-refractivity contribution in [2.45, 2.75) is 18.6 Å². The van der Waals surface area contributed by atoms with Gasteiger partial charge in [0.05, 0.1) is 16.2 Å². The summed E-state index contributed by atoms with van der Waals surface area (Å²) in [6.07, 6.45) is -3.37. The zero-order valence-corrected chi connectivity index (χ0v) is 11.6. The molecule has 0 spiro atoms. The van der Waals surface area contributed by atoms with Crippen LogP contribution in [0.15, 0.2) is 30.5 Å². The summed E-state index contributed by atoms with van der Waals surface area (Å²) < 4.78 is 38.2. The molecule has 112 valence electrons. The van der Waals surface area contributed by atoms with E-state index in [1.807, 2.05) is 0 Å². The van der Waals surface area contributed by atoms with Crippen LogP contribution in [0.4, 0.5) is 18.9 Å². The fourth-order valence-corrected chi connectivity index (χ4v) is 1.84. The van der Waals surface area contributed by atoms with Crippen molar-refractivity contribution in [2.75, 3.05) is 5.32 Å². The van der Waals surface area contributed by atoms with Crippen molar-refractivity contribution in [3.05, 3.63) is 35.5 Å². The van der Waals surface area contributed by atoms with Crippen LogP contribution in [0.3, 0.4) is 0 Å². The van der Waals surface area contributed by atoms with E-state index in [0.717, 1.165) is 0 Å². The predicted octanol–water partition coefficient (Wildman–Crippen LogP) is 3.11. The minimum atomic E-state index is -4.86. The largest absolute Gasteiger partial charge is 0.415 e. The second-order valence-corrected chi connectivity index (χ2v) is 5.06. The topological polar surface area (TPSA) is 68.0 Å². The Morgan fingerprint density at radius 1 is 1.33 bits per heavy atom. The highest BCUT2D eigenvalue weighted by Gasteiger charge is 2.54. The summed E-state index contributed by atoms with van der Waals surface area (Å²) in [5.74, 6) is -1.36. The molecule has 3 N–H and O–H groups in total. The minimum Gasteiger partial charge on any atom is -0.324 e. The first-order chi connectivity index (χ1) is 9.64. The minimum absolute atomic E-state index is 0.161. The van der Waals surface area contributed by atoms with Gasteiger partial charge in [-0.2, -0.15) is 13.2 Å². The Bertz CT molecular complexity index is 701. The zero-order chi connectivity index (χ0) is 15.8. The molecule has 21 heavy (non-hydrogen) atoms. The summed E-state index contributed by atoms with van der Waals surface area (Å²) in [6.45, 7) is 0.610. The van der Waals surface area contributed by atoms with Gasteiger partial charge >= 0.3 is 6.18 Å². The number of halogens is 4. The number of pyridine rings is 1. The van der Waals surface area contributed by atoms with Gasteiger partial charge in [0, 0.05) is 11.6 Å². The summed E-state index contributed by atoms with van der Waals surface area (Å²) in [7, 11) is 0. The second kappa shape index (κ2) is 5.16. The molecule has 4 nitrogen and oxygen atoms in total. The van der Waals surface area contributed by atoms with E-state index in [0.29, 0.717) is 22.8 Å². The van der Waals surface area contributed by atoms with E-state index in [4.69, 9.17) is 17.3 Å². The first-order valence-corrected chi connectivity index (χ1v) is 6.22. The van der Waals surface area contributed by atoms with Gasteiger partial charge < -0.3 is 11.1 Å². The Morgan fingerprint density at radius 2 is 2.00 bits per heavy atom. The van der Waals surface area contributed by atoms with Crippen LogP contribution >= 0.6 is 11.6 Å². The monoisotopic (exact) mass is 317 g/mol. The maximum atomic E-state index is 12.7. The lowest BCUT2D eigenvalue weighted by Crippen LogP contribution is -2.59. The maximum absolute atomic E-state index is 12.7. The van der Waals surface area contributed by atoms with Crippen LogP contribution in [0.25, 0.3) is 10.9 Å². The van der Waals surface area contributed by atoms with Crippen molar-refractivity contribution in [1.29, 1.82) is 0 Å². The summed E-state index contributed by atoms with van der Waals surface area (Å²) in [5.41, 5.74) is 2.62. The molecule has 2 aromatic rings. The first-order valence-electron chi connectivity index (χ1n) is 5.85. The summed E-state index contributed by atoms with van der Waals surface area (Å²) in [6, 6.07) is 6.01. The van der Waals surface area contributed by atoms with E-state index in [1.54, 1.807) is 12.1 Å². The Balaban J connectivity index is 2.42. The fourth-order valence-electron chi connectivity index (χ4n) is 1.63. The molecule has 0 aliphatic carbocycles. The highest BCUT2D eigenvalue weighted by molar-refractivity contribution is 6.35. The molecule has 1 amide bonds. The molecule has 0 aliphatic rings. The number of carbonyl (C=O) groups excluding carboxylic acids is 1. The molecular formula is C13H11ClF3N3O. The molecule has 1 aromatic carbocycles. The van der Waals surface area contributed by atoms with E-state index in [2.05, 4.69) is 10.3 Å². The number of fused-ring (bicyclic) bond motifs is 1. The molecule has 1 atom stereocenters. The quantitative estimate of drug-likeness (QED) is 0.894. The van der Waals surface area contributed by atoms with Gasteiger partial charge in [0.1, 0.15) is 0 Å². The van der Waals surface area contributed by atoms with Gasteiger partial charge in [-0.15, -0.1) is 0 Å². The van der Waals surface area contributed by atoms with Crippen LogP contribution in [-0.2, 0) is 4.79 Å². The molecule has 8 heteroatoms. The average molecular weight is 318 g/mol. The van der Waals surface area contributed by atoms with E-state index < -0.39 is 17.6 Å². The number of carbonyl (C=O) groups is 1. The molecule has 1 aromatic heterocycles. The Hall–Kier alpha value is -1.86. The van der Waals surface area contributed by atoms with Crippen molar-refractivity contribution in [3.63, 3.8) is 0 Å². The highest BCUT2D eigenvalue weighted by Crippen LogP contribution is 2.31. The summed E-state index contributed by atoms with van der Waals surface area (Å²) in [4.78, 5) is 15.8. The number of benzene rings is 1. The third-order valence-electron chi connectivity index (χ3n) is 3.03. The van der Waals surface area contributed by atoms with Crippen LogP contribution in [0, 0.1) is 0 Å². The van der Waals surface area contributed by atoms with Gasteiger partial charge in [0.15, 0.2) is 5.54 Å². The van der Waals surface area contributed by atoms with Gasteiger partial charge in [-0.05, 0) is 31.2 Å². The van der Waals surface area contributed by atoms with E-state index in [9.17, 15) is 18.0 Å². The smallest absolute Gasteiger partial charge is 0.324 e. The van der Waals surface area contributed by atoms with Crippen LogP contribution < -0.4 is 11.1 Å². The lowest BCUT2D eigenvalue weighted by atomic mass is 10.0. The third kappa shape index (κ3) is 2.79. The highest BCUT2D eigenvalue weighted by atomic mass is 35.5. The molecule has 1 heterocycles. The SMILES string of the molecule is CC(N)(C(=O)Nc1ccc(Cl)c2ncccc12)C(F)(F)F. The van der Waals surface area contributed by atoms with Gasteiger partial charge in [-0.3, -0.25) is 9.78 Å². The Morgan fingerprint density at radius 3 is 2.62 bits per heavy atom. The molecule has 1 unspecified atom stereocenters. The van der Waals surface area contributed by atoms with Crippen LogP contribution in [0.2, 0.25) is 5.02 Å². The molecular weight excluding hydrogens is 307 g/mol. The Kier molecular flexibility index (Phi) is 3.81. The summed E-state index contributed by atoms with van der Waals surface area (Å²) in [5, 5.41) is 2.93.